The summed E-state index contributed by atoms with van der Waals surface area (Å²) in [5.74, 6) is 0. The minimum absolute atomic E-state index is 0.0136. The van der Waals surface area contributed by atoms with Crippen molar-refractivity contribution in [2.24, 2.45) is 0 Å². The predicted octanol–water partition coefficient (Wildman–Crippen LogP) is 3.02. The molecule has 0 aliphatic carbocycles. The number of nitrogens with zero attached hydrogens (tertiary/aromatic N) is 1. The van der Waals surface area contributed by atoms with E-state index in [9.17, 15) is 17.2 Å². The van der Waals surface area contributed by atoms with Crippen LogP contribution in [0, 0.1) is 6.92 Å². The van der Waals surface area contributed by atoms with E-state index in [0.717, 1.165) is 6.07 Å². The van der Waals surface area contributed by atoms with Crippen molar-refractivity contribution in [1.29, 1.82) is 0 Å². The molecule has 1 rings (SSSR count). The first kappa shape index (κ1) is 12.8. The standard InChI is InChI=1S/C7H5BrClF2NO2S/c1-3-6(15(9,13)14)4(8)2-5(12-3)7(10)11/h2,7H,1H3. The maximum Gasteiger partial charge on any atom is 0.280 e. The van der Waals surface area contributed by atoms with Crippen LogP contribution in [-0.4, -0.2) is 13.4 Å². The summed E-state index contributed by atoms with van der Waals surface area (Å²) in [5, 5.41) is 0. The molecular formula is C7H5BrClF2NO2S. The third-order valence-electron chi connectivity index (χ3n) is 1.58. The smallest absolute Gasteiger partial charge is 0.251 e. The molecule has 0 fully saturated rings. The molecule has 0 aliphatic heterocycles. The maximum atomic E-state index is 12.3. The van der Waals surface area contributed by atoms with Crippen LogP contribution < -0.4 is 0 Å². The molecule has 1 aromatic rings. The predicted molar refractivity (Wildman–Crippen MR) is 54.7 cm³/mol. The summed E-state index contributed by atoms with van der Waals surface area (Å²) >= 11 is 2.87. The fraction of sp³-hybridized carbons (Fsp3) is 0.286. The van der Waals surface area contributed by atoms with Gasteiger partial charge in [0.25, 0.3) is 15.5 Å². The molecule has 0 amide bonds. The van der Waals surface area contributed by atoms with E-state index in [1.807, 2.05) is 0 Å². The Morgan fingerprint density at radius 2 is 2.07 bits per heavy atom. The van der Waals surface area contributed by atoms with E-state index in [0.29, 0.717) is 0 Å². The molecule has 0 aromatic carbocycles. The quantitative estimate of drug-likeness (QED) is 0.787. The fourth-order valence-electron chi connectivity index (χ4n) is 1.05. The van der Waals surface area contributed by atoms with Crippen LogP contribution in [0.2, 0.25) is 0 Å². The molecule has 0 unspecified atom stereocenters. The molecule has 84 valence electrons. The van der Waals surface area contributed by atoms with E-state index >= 15 is 0 Å². The molecule has 0 spiro atoms. The van der Waals surface area contributed by atoms with Gasteiger partial charge in [0.15, 0.2) is 0 Å². The minimum atomic E-state index is -3.99. The van der Waals surface area contributed by atoms with Gasteiger partial charge in [-0.1, -0.05) is 0 Å². The number of hydrogen-bond donors (Lipinski definition) is 0. The second-order valence-corrected chi connectivity index (χ2v) is 6.04. The summed E-state index contributed by atoms with van der Waals surface area (Å²) in [6, 6.07) is 0.937. The highest BCUT2D eigenvalue weighted by molar-refractivity contribution is 9.10. The van der Waals surface area contributed by atoms with Gasteiger partial charge in [0.2, 0.25) is 0 Å². The molecule has 0 aliphatic rings. The number of halogens is 4. The van der Waals surface area contributed by atoms with Crippen LogP contribution in [-0.2, 0) is 9.05 Å². The van der Waals surface area contributed by atoms with Gasteiger partial charge in [-0.25, -0.2) is 17.2 Å². The van der Waals surface area contributed by atoms with Gasteiger partial charge in [-0.3, -0.25) is 4.98 Å². The Hall–Kier alpha value is -0.270. The molecular weight excluding hydrogens is 316 g/mol. The van der Waals surface area contributed by atoms with Crippen molar-refractivity contribution in [1.82, 2.24) is 4.98 Å². The van der Waals surface area contributed by atoms with Crippen molar-refractivity contribution in [2.75, 3.05) is 0 Å². The zero-order valence-corrected chi connectivity index (χ0v) is 10.5. The molecule has 0 bridgehead atoms. The Bertz CT molecular complexity index is 469. The van der Waals surface area contributed by atoms with Gasteiger partial charge in [-0.05, 0) is 28.9 Å². The van der Waals surface area contributed by atoms with Crippen molar-refractivity contribution in [3.8, 4) is 0 Å². The lowest BCUT2D eigenvalue weighted by molar-refractivity contribution is 0.145. The number of aryl methyl sites for hydroxylation is 1. The topological polar surface area (TPSA) is 47.0 Å². The number of pyridine rings is 1. The summed E-state index contributed by atoms with van der Waals surface area (Å²) < 4.78 is 46.7. The van der Waals surface area contributed by atoms with Crippen molar-refractivity contribution in [3.05, 3.63) is 21.9 Å². The molecule has 0 saturated heterocycles. The molecule has 0 N–H and O–H groups in total. The van der Waals surface area contributed by atoms with Gasteiger partial charge < -0.3 is 0 Å². The van der Waals surface area contributed by atoms with Gasteiger partial charge in [0, 0.05) is 15.2 Å². The van der Waals surface area contributed by atoms with Crippen LogP contribution in [0.1, 0.15) is 17.8 Å². The largest absolute Gasteiger partial charge is 0.280 e. The third kappa shape index (κ3) is 2.85. The van der Waals surface area contributed by atoms with Crippen LogP contribution in [0.3, 0.4) is 0 Å². The normalized spacial score (nSPS) is 12.1. The fourth-order valence-corrected chi connectivity index (χ4v) is 3.76. The van der Waals surface area contributed by atoms with Gasteiger partial charge >= 0.3 is 0 Å². The van der Waals surface area contributed by atoms with Gasteiger partial charge in [0.05, 0.1) is 5.69 Å². The van der Waals surface area contributed by atoms with Crippen molar-refractivity contribution < 1.29 is 17.2 Å². The molecule has 8 heteroatoms. The monoisotopic (exact) mass is 319 g/mol. The minimum Gasteiger partial charge on any atom is -0.251 e. The molecule has 0 atom stereocenters. The highest BCUT2D eigenvalue weighted by atomic mass is 79.9. The van der Waals surface area contributed by atoms with Crippen LogP contribution in [0.5, 0.6) is 0 Å². The SMILES string of the molecule is Cc1nc(C(F)F)cc(Br)c1S(=O)(=O)Cl. The number of aromatic nitrogens is 1. The van der Waals surface area contributed by atoms with E-state index in [1.54, 1.807) is 0 Å². The lowest BCUT2D eigenvalue weighted by Gasteiger charge is -2.07. The Labute approximate surface area is 98.0 Å². The molecule has 1 heterocycles. The molecule has 0 saturated carbocycles. The van der Waals surface area contributed by atoms with Crippen molar-refractivity contribution in [3.63, 3.8) is 0 Å². The molecule has 1 aromatic heterocycles. The Balaban J connectivity index is 3.48. The molecule has 0 radical (unpaired) electrons. The Kier molecular flexibility index (Phi) is 3.67. The number of hydrogen-bond acceptors (Lipinski definition) is 3. The lowest BCUT2D eigenvalue weighted by atomic mass is 10.3. The zero-order valence-electron chi connectivity index (χ0n) is 7.34. The number of rotatable bonds is 2. The average Bonchev–Trinajstić information content (AvgIpc) is 1.99. The lowest BCUT2D eigenvalue weighted by Crippen LogP contribution is -2.02. The summed E-state index contributed by atoms with van der Waals surface area (Å²) in [7, 11) is 1.13. The summed E-state index contributed by atoms with van der Waals surface area (Å²) in [6.07, 6.45) is -2.76. The molecule has 3 nitrogen and oxygen atoms in total. The van der Waals surface area contributed by atoms with Gasteiger partial charge in [-0.15, -0.1) is 0 Å². The Morgan fingerprint density at radius 3 is 2.40 bits per heavy atom. The van der Waals surface area contributed by atoms with E-state index < -0.39 is 21.2 Å². The average molecular weight is 321 g/mol. The second kappa shape index (κ2) is 4.31. The van der Waals surface area contributed by atoms with E-state index in [4.69, 9.17) is 10.7 Å². The van der Waals surface area contributed by atoms with Gasteiger partial charge in [-0.2, -0.15) is 0 Å². The van der Waals surface area contributed by atoms with Crippen LogP contribution in [0.25, 0.3) is 0 Å². The highest BCUT2D eigenvalue weighted by Gasteiger charge is 2.21. The Morgan fingerprint density at radius 1 is 1.53 bits per heavy atom. The summed E-state index contributed by atoms with van der Waals surface area (Å²) in [5.41, 5.74) is -0.557. The van der Waals surface area contributed by atoms with Crippen molar-refractivity contribution >= 4 is 35.7 Å². The summed E-state index contributed by atoms with van der Waals surface area (Å²) in [4.78, 5) is 3.17. The summed E-state index contributed by atoms with van der Waals surface area (Å²) in [6.45, 7) is 1.30. The first-order chi connectivity index (χ1) is 6.73. The van der Waals surface area contributed by atoms with Crippen LogP contribution >= 0.6 is 26.6 Å². The van der Waals surface area contributed by atoms with Crippen LogP contribution in [0.15, 0.2) is 15.4 Å². The first-order valence-electron chi connectivity index (χ1n) is 3.63. The van der Waals surface area contributed by atoms with Crippen molar-refractivity contribution in [2.45, 2.75) is 18.2 Å². The first-order valence-corrected chi connectivity index (χ1v) is 6.73. The maximum absolute atomic E-state index is 12.3. The highest BCUT2D eigenvalue weighted by Crippen LogP contribution is 2.30. The van der Waals surface area contributed by atoms with E-state index in [-0.39, 0.29) is 15.1 Å². The third-order valence-corrected chi connectivity index (χ3v) is 3.94. The number of alkyl halides is 2. The molecule has 15 heavy (non-hydrogen) atoms. The van der Waals surface area contributed by atoms with E-state index in [1.165, 1.54) is 6.92 Å². The van der Waals surface area contributed by atoms with E-state index in [2.05, 4.69) is 20.9 Å². The van der Waals surface area contributed by atoms with Crippen LogP contribution in [0.4, 0.5) is 8.78 Å². The zero-order chi connectivity index (χ0) is 11.8. The second-order valence-electron chi connectivity index (χ2n) is 2.68. The van der Waals surface area contributed by atoms with Gasteiger partial charge in [0.1, 0.15) is 10.6 Å².